The minimum absolute atomic E-state index is 0.113. The summed E-state index contributed by atoms with van der Waals surface area (Å²) < 4.78 is 19.0. The van der Waals surface area contributed by atoms with Gasteiger partial charge in [0.2, 0.25) is 5.91 Å². The summed E-state index contributed by atoms with van der Waals surface area (Å²) in [6, 6.07) is 20.3. The minimum atomic E-state index is -0.308. The van der Waals surface area contributed by atoms with Gasteiger partial charge in [-0.15, -0.1) is 0 Å². The molecule has 1 aliphatic heterocycles. The average Bonchev–Trinajstić information content (AvgIpc) is 3.18. The van der Waals surface area contributed by atoms with Crippen LogP contribution in [0.4, 0.5) is 15.8 Å². The van der Waals surface area contributed by atoms with Crippen LogP contribution < -0.4 is 15.0 Å². The van der Waals surface area contributed by atoms with Crippen LogP contribution in [0.5, 0.6) is 5.75 Å². The molecule has 1 aliphatic rings. The van der Waals surface area contributed by atoms with E-state index in [1.54, 1.807) is 65.6 Å². The first-order chi connectivity index (χ1) is 14.6. The van der Waals surface area contributed by atoms with E-state index in [2.05, 4.69) is 5.32 Å². The number of rotatable bonds is 6. The highest BCUT2D eigenvalue weighted by molar-refractivity contribution is 6.05. The number of hydrogen-bond donors (Lipinski definition) is 1. The Hall–Kier alpha value is -3.67. The van der Waals surface area contributed by atoms with Crippen LogP contribution in [0.2, 0.25) is 0 Å². The quantitative estimate of drug-likeness (QED) is 0.643. The third-order valence-electron chi connectivity index (χ3n) is 4.90. The second-order valence-corrected chi connectivity index (χ2v) is 7.10. The maximum Gasteiger partial charge on any atom is 0.255 e. The fourth-order valence-electron chi connectivity index (χ4n) is 3.37. The van der Waals surface area contributed by atoms with Crippen LogP contribution in [0.25, 0.3) is 0 Å². The van der Waals surface area contributed by atoms with Gasteiger partial charge in [0.15, 0.2) is 0 Å². The third kappa shape index (κ3) is 4.66. The lowest BCUT2D eigenvalue weighted by Crippen LogP contribution is -2.23. The van der Waals surface area contributed by atoms with Crippen molar-refractivity contribution in [3.63, 3.8) is 0 Å². The Kier molecular flexibility index (Phi) is 5.75. The van der Waals surface area contributed by atoms with Gasteiger partial charge in [-0.2, -0.15) is 0 Å². The van der Waals surface area contributed by atoms with Crippen LogP contribution in [-0.2, 0) is 11.4 Å². The highest BCUT2D eigenvalue weighted by Crippen LogP contribution is 2.23. The van der Waals surface area contributed by atoms with Gasteiger partial charge in [0, 0.05) is 36.0 Å². The van der Waals surface area contributed by atoms with Gasteiger partial charge < -0.3 is 15.0 Å². The van der Waals surface area contributed by atoms with Gasteiger partial charge in [-0.3, -0.25) is 9.59 Å². The largest absolute Gasteiger partial charge is 0.489 e. The number of ether oxygens (including phenoxy) is 1. The van der Waals surface area contributed by atoms with Crippen molar-refractivity contribution in [3.05, 3.63) is 89.7 Å². The van der Waals surface area contributed by atoms with Crippen LogP contribution >= 0.6 is 0 Å². The van der Waals surface area contributed by atoms with Gasteiger partial charge in [-0.25, -0.2) is 4.39 Å². The Morgan fingerprint density at radius 2 is 1.83 bits per heavy atom. The summed E-state index contributed by atoms with van der Waals surface area (Å²) in [7, 11) is 0. The fraction of sp³-hybridized carbons (Fsp3) is 0.167. The van der Waals surface area contributed by atoms with Crippen molar-refractivity contribution in [1.82, 2.24) is 0 Å². The molecule has 30 heavy (non-hydrogen) atoms. The standard InChI is InChI=1S/C24H21FN2O3/c25-19-5-1-4-17(14-19)16-30-22-7-2-6-20(15-22)26-24(29)18-9-11-21(12-10-18)27-13-3-8-23(27)28/h1-2,4-7,9-12,14-15H,3,8,13,16H2,(H,26,29). The maximum absolute atomic E-state index is 13.3. The molecule has 0 aliphatic carbocycles. The number of benzene rings is 3. The van der Waals surface area contributed by atoms with Gasteiger partial charge in [-0.1, -0.05) is 18.2 Å². The molecule has 3 aromatic carbocycles. The summed E-state index contributed by atoms with van der Waals surface area (Å²) >= 11 is 0. The predicted octanol–water partition coefficient (Wildman–Crippen LogP) is 4.78. The molecule has 1 heterocycles. The number of anilines is 2. The van der Waals surface area contributed by atoms with Gasteiger partial charge in [0.05, 0.1) is 0 Å². The summed E-state index contributed by atoms with van der Waals surface area (Å²) in [5.41, 5.74) is 2.62. The van der Waals surface area contributed by atoms with E-state index in [0.717, 1.165) is 17.7 Å². The average molecular weight is 404 g/mol. The number of nitrogens with one attached hydrogen (secondary N) is 1. The van der Waals surface area contributed by atoms with Crippen molar-refractivity contribution >= 4 is 23.2 Å². The van der Waals surface area contributed by atoms with Crippen LogP contribution in [-0.4, -0.2) is 18.4 Å². The molecule has 1 saturated heterocycles. The molecule has 0 unspecified atom stereocenters. The molecule has 0 radical (unpaired) electrons. The zero-order valence-corrected chi connectivity index (χ0v) is 16.3. The molecule has 0 saturated carbocycles. The molecule has 6 heteroatoms. The number of hydrogen-bond acceptors (Lipinski definition) is 3. The predicted molar refractivity (Wildman–Crippen MR) is 113 cm³/mol. The van der Waals surface area contributed by atoms with E-state index in [1.165, 1.54) is 12.1 Å². The highest BCUT2D eigenvalue weighted by Gasteiger charge is 2.21. The first kappa shape index (κ1) is 19.6. The van der Waals surface area contributed by atoms with Crippen LogP contribution in [0.15, 0.2) is 72.8 Å². The molecule has 2 amide bonds. The molecule has 5 nitrogen and oxygen atoms in total. The fourth-order valence-corrected chi connectivity index (χ4v) is 3.37. The van der Waals surface area contributed by atoms with E-state index < -0.39 is 0 Å². The van der Waals surface area contributed by atoms with Crippen LogP contribution in [0.1, 0.15) is 28.8 Å². The summed E-state index contributed by atoms with van der Waals surface area (Å²) in [5, 5.41) is 2.84. The zero-order valence-electron chi connectivity index (χ0n) is 16.3. The second-order valence-electron chi connectivity index (χ2n) is 7.10. The molecular formula is C24H21FN2O3. The van der Waals surface area contributed by atoms with Crippen molar-refractivity contribution in [2.75, 3.05) is 16.8 Å². The van der Waals surface area contributed by atoms with E-state index in [-0.39, 0.29) is 24.2 Å². The smallest absolute Gasteiger partial charge is 0.255 e. The van der Waals surface area contributed by atoms with Crippen molar-refractivity contribution in [2.24, 2.45) is 0 Å². The van der Waals surface area contributed by atoms with Gasteiger partial charge in [-0.05, 0) is 60.5 Å². The Morgan fingerprint density at radius 3 is 2.57 bits per heavy atom. The molecule has 4 rings (SSSR count). The van der Waals surface area contributed by atoms with E-state index >= 15 is 0 Å². The Balaban J connectivity index is 1.38. The number of amides is 2. The topological polar surface area (TPSA) is 58.6 Å². The number of carbonyl (C=O) groups excluding carboxylic acids is 2. The normalized spacial score (nSPS) is 13.4. The van der Waals surface area contributed by atoms with E-state index in [4.69, 9.17) is 4.74 Å². The lowest BCUT2D eigenvalue weighted by molar-refractivity contribution is -0.117. The molecule has 0 bridgehead atoms. The lowest BCUT2D eigenvalue weighted by Gasteiger charge is -2.16. The maximum atomic E-state index is 13.3. The Bertz CT molecular complexity index is 1070. The summed E-state index contributed by atoms with van der Waals surface area (Å²) in [6.45, 7) is 0.943. The molecule has 0 spiro atoms. The number of halogens is 1. The summed E-state index contributed by atoms with van der Waals surface area (Å²) in [4.78, 5) is 26.1. The van der Waals surface area contributed by atoms with Crippen molar-refractivity contribution in [1.29, 1.82) is 0 Å². The van der Waals surface area contributed by atoms with Crippen LogP contribution in [0, 0.1) is 5.82 Å². The van der Waals surface area contributed by atoms with E-state index in [1.807, 2.05) is 0 Å². The monoisotopic (exact) mass is 404 g/mol. The summed E-state index contributed by atoms with van der Waals surface area (Å²) in [5.74, 6) is 0.121. The molecule has 1 fully saturated rings. The van der Waals surface area contributed by atoms with Gasteiger partial charge in [0.1, 0.15) is 18.2 Å². The Labute approximate surface area is 174 Å². The first-order valence-corrected chi connectivity index (χ1v) is 9.77. The number of nitrogens with zero attached hydrogens (tertiary/aromatic N) is 1. The van der Waals surface area contributed by atoms with Gasteiger partial charge >= 0.3 is 0 Å². The van der Waals surface area contributed by atoms with Crippen LogP contribution in [0.3, 0.4) is 0 Å². The van der Waals surface area contributed by atoms with Gasteiger partial charge in [0.25, 0.3) is 5.91 Å². The van der Waals surface area contributed by atoms with E-state index in [9.17, 15) is 14.0 Å². The molecule has 0 atom stereocenters. The second kappa shape index (κ2) is 8.78. The zero-order chi connectivity index (χ0) is 20.9. The third-order valence-corrected chi connectivity index (χ3v) is 4.90. The molecule has 0 aromatic heterocycles. The molecular weight excluding hydrogens is 383 g/mol. The van der Waals surface area contributed by atoms with Crippen molar-refractivity contribution in [3.8, 4) is 5.75 Å². The number of carbonyl (C=O) groups is 2. The summed E-state index contributed by atoms with van der Waals surface area (Å²) in [6.07, 6.45) is 1.43. The van der Waals surface area contributed by atoms with E-state index in [0.29, 0.717) is 30.0 Å². The highest BCUT2D eigenvalue weighted by atomic mass is 19.1. The first-order valence-electron chi connectivity index (χ1n) is 9.77. The lowest BCUT2D eigenvalue weighted by atomic mass is 10.1. The van der Waals surface area contributed by atoms with Crippen molar-refractivity contribution < 1.29 is 18.7 Å². The van der Waals surface area contributed by atoms with Crippen molar-refractivity contribution in [2.45, 2.75) is 19.4 Å². The SMILES string of the molecule is O=C(Nc1cccc(OCc2cccc(F)c2)c1)c1ccc(N2CCCC2=O)cc1. The molecule has 1 N–H and O–H groups in total. The molecule has 152 valence electrons. The Morgan fingerprint density at radius 1 is 1.03 bits per heavy atom. The molecule has 3 aromatic rings. The minimum Gasteiger partial charge on any atom is -0.489 e.